The molecule has 1 aliphatic rings. The average molecular weight is 246 g/mol. The van der Waals surface area contributed by atoms with Gasteiger partial charge in [0.25, 0.3) is 0 Å². The third-order valence-corrected chi connectivity index (χ3v) is 3.66. The lowest BCUT2D eigenvalue weighted by molar-refractivity contribution is 0.225. The van der Waals surface area contributed by atoms with Crippen LogP contribution in [0.15, 0.2) is 24.3 Å². The minimum absolute atomic E-state index is 0.332. The van der Waals surface area contributed by atoms with Crippen LogP contribution in [0.4, 0.5) is 0 Å². The first-order valence-corrected chi connectivity index (χ1v) is 6.91. The number of fused-ring (bicyclic) bond motifs is 1. The van der Waals surface area contributed by atoms with Crippen LogP contribution in [0.5, 0.6) is 0 Å². The Kier molecular flexibility index (Phi) is 4.08. The molecule has 1 aliphatic carbocycles. The summed E-state index contributed by atoms with van der Waals surface area (Å²) in [6, 6.07) is 9.46. The molecule has 1 N–H and O–H groups in total. The van der Waals surface area contributed by atoms with Crippen LogP contribution in [-0.2, 0) is 12.8 Å². The van der Waals surface area contributed by atoms with Crippen LogP contribution in [0.3, 0.4) is 0 Å². The first kappa shape index (κ1) is 13.6. The summed E-state index contributed by atoms with van der Waals surface area (Å²) in [6.07, 6.45) is 2.38. The molecule has 2 nitrogen and oxygen atoms in total. The number of nitrogens with one attached hydrogen (secondary N) is 1. The monoisotopic (exact) mass is 246 g/mol. The Morgan fingerprint density at radius 1 is 1.17 bits per heavy atom. The number of hydrogen-bond donors (Lipinski definition) is 1. The summed E-state index contributed by atoms with van der Waals surface area (Å²) in [6.45, 7) is 6.88. The van der Waals surface area contributed by atoms with Crippen LogP contribution >= 0.6 is 0 Å². The van der Waals surface area contributed by atoms with Crippen LogP contribution < -0.4 is 5.32 Å². The summed E-state index contributed by atoms with van der Waals surface area (Å²) in [4.78, 5) is 2.27. The van der Waals surface area contributed by atoms with E-state index in [9.17, 15) is 0 Å². The van der Waals surface area contributed by atoms with E-state index in [0.29, 0.717) is 11.5 Å². The van der Waals surface area contributed by atoms with Gasteiger partial charge in [0.1, 0.15) is 0 Å². The molecule has 0 bridgehead atoms. The molecule has 0 spiro atoms. The molecule has 0 saturated carbocycles. The molecule has 100 valence electrons. The average Bonchev–Trinajstić information content (AvgIpc) is 2.67. The second-order valence-corrected chi connectivity index (χ2v) is 6.66. The number of rotatable bonds is 5. The van der Waals surface area contributed by atoms with Gasteiger partial charge in [-0.1, -0.05) is 38.1 Å². The van der Waals surface area contributed by atoms with Gasteiger partial charge in [-0.3, -0.25) is 0 Å². The summed E-state index contributed by atoms with van der Waals surface area (Å²) in [5, 5.41) is 3.75. The Bertz CT molecular complexity index is 371. The van der Waals surface area contributed by atoms with Gasteiger partial charge >= 0.3 is 0 Å². The molecule has 0 saturated heterocycles. The normalized spacial score (nSPS) is 16.3. The van der Waals surface area contributed by atoms with Gasteiger partial charge in [0, 0.05) is 19.1 Å². The van der Waals surface area contributed by atoms with Crippen molar-refractivity contribution in [3.05, 3.63) is 35.4 Å². The summed E-state index contributed by atoms with van der Waals surface area (Å²) < 4.78 is 0. The molecule has 2 heteroatoms. The molecular formula is C16H26N2. The van der Waals surface area contributed by atoms with Crippen LogP contribution in [0.2, 0.25) is 0 Å². The summed E-state index contributed by atoms with van der Waals surface area (Å²) in [7, 11) is 4.29. The zero-order valence-electron chi connectivity index (χ0n) is 12.2. The second kappa shape index (κ2) is 5.41. The minimum Gasteiger partial charge on any atom is -0.313 e. The van der Waals surface area contributed by atoms with Crippen LogP contribution in [0.1, 0.15) is 25.0 Å². The van der Waals surface area contributed by atoms with Crippen molar-refractivity contribution in [3.8, 4) is 0 Å². The van der Waals surface area contributed by atoms with Crippen molar-refractivity contribution in [1.82, 2.24) is 10.2 Å². The SMILES string of the molecule is CN(C)CC(C)(C)CNC1Cc2ccccc2C1. The lowest BCUT2D eigenvalue weighted by Crippen LogP contribution is -2.42. The molecule has 18 heavy (non-hydrogen) atoms. The van der Waals surface area contributed by atoms with Gasteiger partial charge < -0.3 is 10.2 Å². The highest BCUT2D eigenvalue weighted by Crippen LogP contribution is 2.23. The number of hydrogen-bond acceptors (Lipinski definition) is 2. The molecule has 0 radical (unpaired) electrons. The van der Waals surface area contributed by atoms with E-state index in [2.05, 4.69) is 62.4 Å². The van der Waals surface area contributed by atoms with E-state index in [1.165, 1.54) is 24.0 Å². The van der Waals surface area contributed by atoms with Crippen molar-refractivity contribution >= 4 is 0 Å². The van der Waals surface area contributed by atoms with Crippen molar-refractivity contribution in [2.75, 3.05) is 27.2 Å². The van der Waals surface area contributed by atoms with E-state index < -0.39 is 0 Å². The van der Waals surface area contributed by atoms with Gasteiger partial charge in [-0.2, -0.15) is 0 Å². The van der Waals surface area contributed by atoms with Crippen molar-refractivity contribution < 1.29 is 0 Å². The zero-order chi connectivity index (χ0) is 13.2. The van der Waals surface area contributed by atoms with Crippen LogP contribution in [0, 0.1) is 5.41 Å². The molecule has 0 aliphatic heterocycles. The van der Waals surface area contributed by atoms with Crippen molar-refractivity contribution in [2.45, 2.75) is 32.7 Å². The Hall–Kier alpha value is -0.860. The molecule has 0 amide bonds. The molecule has 0 unspecified atom stereocenters. The summed E-state index contributed by atoms with van der Waals surface area (Å²) >= 11 is 0. The standard InChI is InChI=1S/C16H26N2/c1-16(2,12-18(3)4)11-17-15-9-13-7-5-6-8-14(13)10-15/h5-8,15,17H,9-12H2,1-4H3. The van der Waals surface area contributed by atoms with Gasteiger partial charge in [0.15, 0.2) is 0 Å². The highest BCUT2D eigenvalue weighted by molar-refractivity contribution is 5.33. The van der Waals surface area contributed by atoms with Crippen molar-refractivity contribution in [1.29, 1.82) is 0 Å². The number of benzene rings is 1. The first-order chi connectivity index (χ1) is 8.46. The molecule has 0 fully saturated rings. The Labute approximate surface area is 111 Å². The fourth-order valence-electron chi connectivity index (χ4n) is 3.04. The maximum Gasteiger partial charge on any atom is 0.0148 e. The Balaban J connectivity index is 1.83. The van der Waals surface area contributed by atoms with Gasteiger partial charge in [-0.15, -0.1) is 0 Å². The molecule has 0 atom stereocenters. The molecular weight excluding hydrogens is 220 g/mol. The van der Waals surface area contributed by atoms with Gasteiger partial charge in [-0.05, 0) is 43.5 Å². The van der Waals surface area contributed by atoms with E-state index in [1.54, 1.807) is 0 Å². The third kappa shape index (κ3) is 3.56. The molecule has 0 heterocycles. The van der Waals surface area contributed by atoms with E-state index in [-0.39, 0.29) is 0 Å². The lowest BCUT2D eigenvalue weighted by Gasteiger charge is -2.30. The smallest absolute Gasteiger partial charge is 0.0148 e. The maximum absolute atomic E-state index is 3.75. The minimum atomic E-state index is 0.332. The quantitative estimate of drug-likeness (QED) is 0.858. The fraction of sp³-hybridized carbons (Fsp3) is 0.625. The molecule has 1 aromatic carbocycles. The van der Waals surface area contributed by atoms with Crippen molar-refractivity contribution in [2.24, 2.45) is 5.41 Å². The number of nitrogens with zero attached hydrogens (tertiary/aromatic N) is 1. The van der Waals surface area contributed by atoms with E-state index in [4.69, 9.17) is 0 Å². The lowest BCUT2D eigenvalue weighted by atomic mass is 9.92. The van der Waals surface area contributed by atoms with Crippen LogP contribution in [0.25, 0.3) is 0 Å². The van der Waals surface area contributed by atoms with E-state index >= 15 is 0 Å². The first-order valence-electron chi connectivity index (χ1n) is 6.91. The third-order valence-electron chi connectivity index (χ3n) is 3.66. The van der Waals surface area contributed by atoms with Crippen LogP contribution in [-0.4, -0.2) is 38.1 Å². The highest BCUT2D eigenvalue weighted by Gasteiger charge is 2.24. The maximum atomic E-state index is 3.75. The highest BCUT2D eigenvalue weighted by atomic mass is 15.1. The molecule has 1 aromatic rings. The Morgan fingerprint density at radius 3 is 2.22 bits per heavy atom. The van der Waals surface area contributed by atoms with E-state index in [0.717, 1.165) is 13.1 Å². The summed E-state index contributed by atoms with van der Waals surface area (Å²) in [5.74, 6) is 0. The molecule has 2 rings (SSSR count). The fourth-order valence-corrected chi connectivity index (χ4v) is 3.04. The predicted octanol–water partition coefficient (Wildman–Crippen LogP) is 2.33. The topological polar surface area (TPSA) is 15.3 Å². The second-order valence-electron chi connectivity index (χ2n) is 6.66. The van der Waals surface area contributed by atoms with E-state index in [1.807, 2.05) is 0 Å². The predicted molar refractivity (Wildman–Crippen MR) is 78.0 cm³/mol. The largest absolute Gasteiger partial charge is 0.313 e. The van der Waals surface area contributed by atoms with Crippen molar-refractivity contribution in [3.63, 3.8) is 0 Å². The zero-order valence-corrected chi connectivity index (χ0v) is 12.2. The molecule has 0 aromatic heterocycles. The summed E-state index contributed by atoms with van der Waals surface area (Å²) in [5.41, 5.74) is 3.39. The van der Waals surface area contributed by atoms with Gasteiger partial charge in [0.2, 0.25) is 0 Å². The van der Waals surface area contributed by atoms with Gasteiger partial charge in [0.05, 0.1) is 0 Å². The van der Waals surface area contributed by atoms with Gasteiger partial charge in [-0.25, -0.2) is 0 Å². The Morgan fingerprint density at radius 2 is 1.72 bits per heavy atom.